The van der Waals surface area contributed by atoms with Crippen molar-refractivity contribution in [1.29, 1.82) is 0 Å². The lowest BCUT2D eigenvalue weighted by Gasteiger charge is -2.19. The molecule has 0 aliphatic heterocycles. The van der Waals surface area contributed by atoms with Crippen molar-refractivity contribution >= 4 is 11.7 Å². The fraction of sp³-hybridized carbons (Fsp3) is 0.556. The van der Waals surface area contributed by atoms with Gasteiger partial charge in [-0.15, -0.1) is 0 Å². The van der Waals surface area contributed by atoms with Gasteiger partial charge in [0.15, 0.2) is 5.78 Å². The van der Waals surface area contributed by atoms with Crippen LogP contribution in [-0.2, 0) is 4.79 Å². The number of hydrogen-bond donors (Lipinski definition) is 0. The first kappa shape index (κ1) is 18.2. The van der Waals surface area contributed by atoms with Crippen molar-refractivity contribution in [3.8, 4) is 5.75 Å². The Hall–Kier alpha value is -1.84. The third kappa shape index (κ3) is 6.29. The van der Waals surface area contributed by atoms with Crippen LogP contribution in [0.4, 0.5) is 0 Å². The van der Waals surface area contributed by atoms with Crippen molar-refractivity contribution in [2.45, 2.75) is 40.0 Å². The predicted molar refractivity (Wildman–Crippen MR) is 88.3 cm³/mol. The van der Waals surface area contributed by atoms with Gasteiger partial charge in [-0.2, -0.15) is 0 Å². The van der Waals surface area contributed by atoms with Crippen LogP contribution < -0.4 is 4.74 Å². The molecule has 0 aliphatic rings. The summed E-state index contributed by atoms with van der Waals surface area (Å²) in [6.45, 7) is 7.57. The largest absolute Gasteiger partial charge is 0.494 e. The first-order valence-corrected chi connectivity index (χ1v) is 7.94. The molecule has 0 aliphatic carbocycles. The zero-order valence-electron chi connectivity index (χ0n) is 14.1. The molecule has 0 heterocycles. The topological polar surface area (TPSA) is 46.6 Å². The van der Waals surface area contributed by atoms with Gasteiger partial charge in [-0.25, -0.2) is 0 Å². The molecule has 122 valence electrons. The lowest BCUT2D eigenvalue weighted by Crippen LogP contribution is -2.30. The average molecular weight is 305 g/mol. The van der Waals surface area contributed by atoms with Gasteiger partial charge < -0.3 is 9.64 Å². The molecule has 4 heteroatoms. The van der Waals surface area contributed by atoms with Crippen LogP contribution in [0, 0.1) is 5.92 Å². The van der Waals surface area contributed by atoms with Crippen LogP contribution in [0.1, 0.15) is 50.4 Å². The molecule has 0 saturated heterocycles. The number of nitrogens with zero attached hydrogens (tertiary/aromatic N) is 1. The van der Waals surface area contributed by atoms with E-state index in [0.717, 1.165) is 18.7 Å². The minimum absolute atomic E-state index is 0.00617. The van der Waals surface area contributed by atoms with Crippen LogP contribution in [0.2, 0.25) is 0 Å². The third-order valence-electron chi connectivity index (χ3n) is 3.28. The fourth-order valence-electron chi connectivity index (χ4n) is 2.16. The molecule has 0 fully saturated rings. The molecule has 0 saturated carbocycles. The van der Waals surface area contributed by atoms with Gasteiger partial charge in [-0.1, -0.05) is 20.8 Å². The highest BCUT2D eigenvalue weighted by atomic mass is 16.5. The maximum absolute atomic E-state index is 12.1. The number of carbonyl (C=O) groups is 2. The molecule has 1 rings (SSSR count). The van der Waals surface area contributed by atoms with E-state index >= 15 is 0 Å². The molecule has 0 N–H and O–H groups in total. The minimum atomic E-state index is -0.00617. The quantitative estimate of drug-likeness (QED) is 0.655. The second kappa shape index (κ2) is 9.23. The molecule has 0 atom stereocenters. The van der Waals surface area contributed by atoms with Gasteiger partial charge in [-0.3, -0.25) is 9.59 Å². The highest BCUT2D eigenvalue weighted by Gasteiger charge is 2.13. The number of hydrogen-bond acceptors (Lipinski definition) is 3. The van der Waals surface area contributed by atoms with Crippen LogP contribution in [0.5, 0.6) is 5.75 Å². The van der Waals surface area contributed by atoms with Gasteiger partial charge in [0.1, 0.15) is 5.75 Å². The summed E-state index contributed by atoms with van der Waals surface area (Å²) in [6, 6.07) is 7.12. The molecule has 0 bridgehead atoms. The van der Waals surface area contributed by atoms with Crippen molar-refractivity contribution in [2.75, 3.05) is 20.2 Å². The molecule has 1 aromatic carbocycles. The standard InChI is InChI=1S/C18H27NO3/c1-5-12-22-16-8-6-15(7-9-16)17(20)10-11-18(21)19(4)13-14(2)3/h6-9,14H,5,10-13H2,1-4H3. The summed E-state index contributed by atoms with van der Waals surface area (Å²) in [5.41, 5.74) is 0.628. The number of ether oxygens (including phenoxy) is 1. The van der Waals surface area contributed by atoms with Crippen LogP contribution in [0.25, 0.3) is 0 Å². The van der Waals surface area contributed by atoms with E-state index in [1.807, 2.05) is 6.92 Å². The van der Waals surface area contributed by atoms with Crippen molar-refractivity contribution in [1.82, 2.24) is 4.90 Å². The van der Waals surface area contributed by atoms with Crippen LogP contribution >= 0.6 is 0 Å². The van der Waals surface area contributed by atoms with Gasteiger partial charge in [0.2, 0.25) is 5.91 Å². The van der Waals surface area contributed by atoms with Crippen molar-refractivity contribution in [2.24, 2.45) is 5.92 Å². The van der Waals surface area contributed by atoms with Gasteiger partial charge in [0, 0.05) is 32.0 Å². The van der Waals surface area contributed by atoms with E-state index in [1.54, 1.807) is 36.2 Å². The van der Waals surface area contributed by atoms with Gasteiger partial charge in [0.25, 0.3) is 0 Å². The minimum Gasteiger partial charge on any atom is -0.494 e. The normalized spacial score (nSPS) is 10.6. The first-order valence-electron chi connectivity index (χ1n) is 7.94. The second-order valence-corrected chi connectivity index (χ2v) is 5.96. The molecule has 1 amide bonds. The maximum Gasteiger partial charge on any atom is 0.222 e. The monoisotopic (exact) mass is 305 g/mol. The van der Waals surface area contributed by atoms with Crippen molar-refractivity contribution < 1.29 is 14.3 Å². The van der Waals surface area contributed by atoms with E-state index in [1.165, 1.54) is 0 Å². The Morgan fingerprint density at radius 2 is 1.77 bits per heavy atom. The van der Waals surface area contributed by atoms with E-state index in [0.29, 0.717) is 18.1 Å². The van der Waals surface area contributed by atoms with Crippen LogP contribution in [0.15, 0.2) is 24.3 Å². The summed E-state index contributed by atoms with van der Waals surface area (Å²) in [5.74, 6) is 1.21. The molecule has 0 spiro atoms. The molecule has 0 unspecified atom stereocenters. The Morgan fingerprint density at radius 3 is 2.32 bits per heavy atom. The smallest absolute Gasteiger partial charge is 0.222 e. The molecule has 0 aromatic heterocycles. The van der Waals surface area contributed by atoms with Gasteiger partial charge in [-0.05, 0) is 36.6 Å². The Bertz CT molecular complexity index is 480. The zero-order chi connectivity index (χ0) is 16.5. The number of ketones is 1. The molecule has 4 nitrogen and oxygen atoms in total. The molecular weight excluding hydrogens is 278 g/mol. The molecule has 22 heavy (non-hydrogen) atoms. The number of carbonyl (C=O) groups excluding carboxylic acids is 2. The maximum atomic E-state index is 12.1. The van der Waals surface area contributed by atoms with E-state index in [4.69, 9.17) is 4.74 Å². The van der Waals surface area contributed by atoms with E-state index < -0.39 is 0 Å². The summed E-state index contributed by atoms with van der Waals surface area (Å²) in [6.07, 6.45) is 1.46. The van der Waals surface area contributed by atoms with E-state index in [2.05, 4.69) is 13.8 Å². The van der Waals surface area contributed by atoms with Gasteiger partial charge >= 0.3 is 0 Å². The first-order chi connectivity index (χ1) is 10.4. The van der Waals surface area contributed by atoms with Crippen LogP contribution in [0.3, 0.4) is 0 Å². The average Bonchev–Trinajstić information content (AvgIpc) is 2.50. The van der Waals surface area contributed by atoms with E-state index in [9.17, 15) is 9.59 Å². The number of amides is 1. The molecule has 1 aromatic rings. The number of rotatable bonds is 9. The Labute approximate surface area is 133 Å². The van der Waals surface area contributed by atoms with Crippen LogP contribution in [-0.4, -0.2) is 36.8 Å². The lowest BCUT2D eigenvalue weighted by atomic mass is 10.1. The Balaban J connectivity index is 2.46. The Morgan fingerprint density at radius 1 is 1.14 bits per heavy atom. The fourth-order valence-corrected chi connectivity index (χ4v) is 2.16. The summed E-state index contributed by atoms with van der Waals surface area (Å²) in [4.78, 5) is 25.7. The van der Waals surface area contributed by atoms with E-state index in [-0.39, 0.29) is 24.5 Å². The summed E-state index contributed by atoms with van der Waals surface area (Å²) < 4.78 is 5.48. The number of Topliss-reactive ketones (excluding diaryl/α,β-unsaturated/α-hetero) is 1. The summed E-state index contributed by atoms with van der Waals surface area (Å²) >= 11 is 0. The highest BCUT2D eigenvalue weighted by molar-refractivity contribution is 5.98. The molecule has 0 radical (unpaired) electrons. The summed E-state index contributed by atoms with van der Waals surface area (Å²) in [7, 11) is 1.78. The summed E-state index contributed by atoms with van der Waals surface area (Å²) in [5, 5.41) is 0. The highest BCUT2D eigenvalue weighted by Crippen LogP contribution is 2.14. The number of benzene rings is 1. The third-order valence-corrected chi connectivity index (χ3v) is 3.28. The predicted octanol–water partition coefficient (Wildman–Crippen LogP) is 3.55. The van der Waals surface area contributed by atoms with Crippen molar-refractivity contribution in [3.63, 3.8) is 0 Å². The SMILES string of the molecule is CCCOc1ccc(C(=O)CCC(=O)N(C)CC(C)C)cc1. The second-order valence-electron chi connectivity index (χ2n) is 5.96. The van der Waals surface area contributed by atoms with Crippen molar-refractivity contribution in [3.05, 3.63) is 29.8 Å². The molecular formula is C18H27NO3. The van der Waals surface area contributed by atoms with Gasteiger partial charge in [0.05, 0.1) is 6.61 Å². The zero-order valence-corrected chi connectivity index (χ0v) is 14.1. The Kier molecular flexibility index (Phi) is 7.64. The lowest BCUT2D eigenvalue weighted by molar-refractivity contribution is -0.130.